The number of esters is 1. The molecule has 0 aliphatic rings. The molecule has 1 amide bonds. The largest absolute Gasteiger partial charge is 0.482 e. The Morgan fingerprint density at radius 2 is 1.81 bits per heavy atom. The molecule has 0 saturated carbocycles. The topological polar surface area (TPSA) is 64.6 Å². The monoisotopic (exact) mass is 355 g/mol. The lowest BCUT2D eigenvalue weighted by Crippen LogP contribution is -2.23. The maximum atomic E-state index is 11.9. The minimum absolute atomic E-state index is 0.236. The Hall–Kier alpha value is -2.82. The van der Waals surface area contributed by atoms with Gasteiger partial charge in [-0.1, -0.05) is 38.1 Å². The summed E-state index contributed by atoms with van der Waals surface area (Å²) < 4.78 is 10.3. The normalized spacial score (nSPS) is 11.5. The predicted octanol–water partition coefficient (Wildman–Crippen LogP) is 4.07. The van der Waals surface area contributed by atoms with Crippen molar-refractivity contribution in [1.29, 1.82) is 0 Å². The van der Waals surface area contributed by atoms with E-state index in [2.05, 4.69) is 19.2 Å². The highest BCUT2D eigenvalue weighted by Gasteiger charge is 2.09. The number of rotatable bonds is 8. The number of carbonyl (C=O) groups is 2. The molecule has 5 heteroatoms. The van der Waals surface area contributed by atoms with E-state index in [0.29, 0.717) is 17.4 Å². The Bertz CT molecular complexity index is 740. The highest BCUT2D eigenvalue weighted by atomic mass is 16.6. The number of aryl methyl sites for hydroxylation is 1. The van der Waals surface area contributed by atoms with E-state index >= 15 is 0 Å². The standard InChI is InChI=1S/C21H25NO4/c1-4-16(3)17-8-10-18(11-9-17)22-20(23)13-26-21(24)14-25-19-7-5-6-15(2)12-19/h5-12,16H,4,13-14H2,1-3H3,(H,22,23)/t16-/m0/s1. The van der Waals surface area contributed by atoms with E-state index in [9.17, 15) is 9.59 Å². The highest BCUT2D eigenvalue weighted by molar-refractivity contribution is 5.92. The van der Waals surface area contributed by atoms with E-state index in [-0.39, 0.29) is 19.1 Å². The number of hydrogen-bond acceptors (Lipinski definition) is 4. The van der Waals surface area contributed by atoms with Gasteiger partial charge in [0.05, 0.1) is 0 Å². The molecule has 2 aromatic rings. The molecule has 0 spiro atoms. The Balaban J connectivity index is 1.73. The van der Waals surface area contributed by atoms with Crippen molar-refractivity contribution in [3.63, 3.8) is 0 Å². The molecule has 0 fully saturated rings. The number of benzene rings is 2. The van der Waals surface area contributed by atoms with Crippen molar-refractivity contribution in [2.75, 3.05) is 18.5 Å². The zero-order valence-corrected chi connectivity index (χ0v) is 15.5. The van der Waals surface area contributed by atoms with Gasteiger partial charge in [-0.15, -0.1) is 0 Å². The SMILES string of the molecule is CC[C@H](C)c1ccc(NC(=O)COC(=O)COc2cccc(C)c2)cc1. The molecule has 0 saturated heterocycles. The number of ether oxygens (including phenoxy) is 2. The van der Waals surface area contributed by atoms with Crippen LogP contribution in [0.3, 0.4) is 0 Å². The maximum absolute atomic E-state index is 11.9. The number of nitrogens with one attached hydrogen (secondary N) is 1. The van der Waals surface area contributed by atoms with Gasteiger partial charge in [-0.25, -0.2) is 4.79 Å². The molecule has 1 atom stereocenters. The quantitative estimate of drug-likeness (QED) is 0.725. The summed E-state index contributed by atoms with van der Waals surface area (Å²) in [7, 11) is 0. The Morgan fingerprint density at radius 1 is 1.08 bits per heavy atom. The molecule has 138 valence electrons. The summed E-state index contributed by atoms with van der Waals surface area (Å²) in [4.78, 5) is 23.6. The highest BCUT2D eigenvalue weighted by Crippen LogP contribution is 2.20. The number of amides is 1. The molecule has 1 N–H and O–H groups in total. The first kappa shape index (κ1) is 19.5. The third-order valence-electron chi connectivity index (χ3n) is 4.09. The van der Waals surface area contributed by atoms with Gasteiger partial charge in [0.1, 0.15) is 5.75 Å². The van der Waals surface area contributed by atoms with Gasteiger partial charge in [0.25, 0.3) is 5.91 Å². The van der Waals surface area contributed by atoms with E-state index in [1.165, 1.54) is 5.56 Å². The summed E-state index contributed by atoms with van der Waals surface area (Å²) in [6.45, 7) is 5.65. The lowest BCUT2D eigenvalue weighted by molar-refractivity contribution is -0.149. The first-order valence-electron chi connectivity index (χ1n) is 8.73. The molecule has 0 radical (unpaired) electrons. The van der Waals surface area contributed by atoms with Crippen molar-refractivity contribution < 1.29 is 19.1 Å². The first-order chi connectivity index (χ1) is 12.5. The molecule has 0 bridgehead atoms. The second kappa shape index (κ2) is 9.61. The van der Waals surface area contributed by atoms with E-state index in [1.54, 1.807) is 6.07 Å². The van der Waals surface area contributed by atoms with Gasteiger partial charge in [-0.3, -0.25) is 4.79 Å². The average Bonchev–Trinajstić information content (AvgIpc) is 2.64. The van der Waals surface area contributed by atoms with Gasteiger partial charge >= 0.3 is 5.97 Å². The second-order valence-corrected chi connectivity index (χ2v) is 6.25. The second-order valence-electron chi connectivity index (χ2n) is 6.25. The van der Waals surface area contributed by atoms with Crippen LogP contribution in [0.15, 0.2) is 48.5 Å². The van der Waals surface area contributed by atoms with Gasteiger partial charge in [-0.2, -0.15) is 0 Å². The summed E-state index contributed by atoms with van der Waals surface area (Å²) in [5.74, 6) is 0.0980. The molecule has 2 aromatic carbocycles. The fraction of sp³-hybridized carbons (Fsp3) is 0.333. The van der Waals surface area contributed by atoms with Crippen LogP contribution in [0.1, 0.15) is 37.3 Å². The summed E-state index contributed by atoms with van der Waals surface area (Å²) in [5.41, 5.74) is 2.94. The zero-order chi connectivity index (χ0) is 18.9. The maximum Gasteiger partial charge on any atom is 0.344 e. The third kappa shape index (κ3) is 6.24. The molecule has 2 rings (SSSR count). The lowest BCUT2D eigenvalue weighted by Gasteiger charge is -2.11. The van der Waals surface area contributed by atoms with Gasteiger partial charge in [0.15, 0.2) is 13.2 Å². The van der Waals surface area contributed by atoms with Crippen LogP contribution in [0.5, 0.6) is 5.75 Å². The third-order valence-corrected chi connectivity index (χ3v) is 4.09. The van der Waals surface area contributed by atoms with Crippen LogP contribution in [0, 0.1) is 6.92 Å². The predicted molar refractivity (Wildman–Crippen MR) is 101 cm³/mol. The van der Waals surface area contributed by atoms with Gasteiger partial charge in [0.2, 0.25) is 0 Å². The zero-order valence-electron chi connectivity index (χ0n) is 15.5. The molecule has 0 unspecified atom stereocenters. The van der Waals surface area contributed by atoms with Gasteiger partial charge in [-0.05, 0) is 54.7 Å². The van der Waals surface area contributed by atoms with E-state index in [4.69, 9.17) is 9.47 Å². The molecular weight excluding hydrogens is 330 g/mol. The van der Waals surface area contributed by atoms with Crippen LogP contribution >= 0.6 is 0 Å². The number of hydrogen-bond donors (Lipinski definition) is 1. The smallest absolute Gasteiger partial charge is 0.344 e. The molecular formula is C21H25NO4. The average molecular weight is 355 g/mol. The van der Waals surface area contributed by atoms with E-state index < -0.39 is 5.97 Å². The Morgan fingerprint density at radius 3 is 2.46 bits per heavy atom. The molecule has 0 heterocycles. The summed E-state index contributed by atoms with van der Waals surface area (Å²) in [6.07, 6.45) is 1.06. The van der Waals surface area contributed by atoms with Crippen LogP contribution < -0.4 is 10.1 Å². The van der Waals surface area contributed by atoms with Crippen molar-refractivity contribution in [2.24, 2.45) is 0 Å². The fourth-order valence-corrected chi connectivity index (χ4v) is 2.36. The summed E-state index contributed by atoms with van der Waals surface area (Å²) in [6, 6.07) is 15.0. The van der Waals surface area contributed by atoms with Crippen molar-refractivity contribution in [3.8, 4) is 5.75 Å². The van der Waals surface area contributed by atoms with Crippen molar-refractivity contribution >= 4 is 17.6 Å². The molecule has 0 aliphatic carbocycles. The van der Waals surface area contributed by atoms with Crippen LogP contribution in [0.2, 0.25) is 0 Å². The molecule has 26 heavy (non-hydrogen) atoms. The van der Waals surface area contributed by atoms with Crippen molar-refractivity contribution in [2.45, 2.75) is 33.1 Å². The van der Waals surface area contributed by atoms with Gasteiger partial charge in [0, 0.05) is 5.69 Å². The van der Waals surface area contributed by atoms with Crippen LogP contribution in [0.4, 0.5) is 5.69 Å². The fourth-order valence-electron chi connectivity index (χ4n) is 2.36. The molecule has 0 aromatic heterocycles. The Labute approximate surface area is 154 Å². The number of anilines is 1. The van der Waals surface area contributed by atoms with Gasteiger partial charge < -0.3 is 14.8 Å². The summed E-state index contributed by atoms with van der Waals surface area (Å²) >= 11 is 0. The van der Waals surface area contributed by atoms with E-state index in [1.807, 2.05) is 49.4 Å². The van der Waals surface area contributed by atoms with Crippen molar-refractivity contribution in [3.05, 3.63) is 59.7 Å². The summed E-state index contributed by atoms with van der Waals surface area (Å²) in [5, 5.41) is 2.71. The van der Waals surface area contributed by atoms with Crippen molar-refractivity contribution in [1.82, 2.24) is 0 Å². The van der Waals surface area contributed by atoms with Crippen LogP contribution in [-0.4, -0.2) is 25.1 Å². The van der Waals surface area contributed by atoms with E-state index in [0.717, 1.165) is 12.0 Å². The Kier molecular flexibility index (Phi) is 7.21. The minimum Gasteiger partial charge on any atom is -0.482 e. The number of carbonyl (C=O) groups excluding carboxylic acids is 2. The first-order valence-corrected chi connectivity index (χ1v) is 8.73. The van der Waals surface area contributed by atoms with Crippen LogP contribution in [0.25, 0.3) is 0 Å². The molecule has 5 nitrogen and oxygen atoms in total. The lowest BCUT2D eigenvalue weighted by atomic mass is 9.99. The minimum atomic E-state index is -0.589. The van der Waals surface area contributed by atoms with Crippen LogP contribution in [-0.2, 0) is 14.3 Å². The molecule has 0 aliphatic heterocycles.